The molecule has 0 fully saturated rings. The third-order valence-corrected chi connectivity index (χ3v) is 4.34. The Bertz CT molecular complexity index is 912. The summed E-state index contributed by atoms with van der Waals surface area (Å²) in [5, 5.41) is 19.3. The lowest BCUT2D eigenvalue weighted by Crippen LogP contribution is -2.38. The summed E-state index contributed by atoms with van der Waals surface area (Å²) in [7, 11) is 1.59. The van der Waals surface area contributed by atoms with Gasteiger partial charge >= 0.3 is 6.09 Å². The van der Waals surface area contributed by atoms with E-state index in [0.717, 1.165) is 18.5 Å². The molecule has 1 amide bonds. The van der Waals surface area contributed by atoms with E-state index >= 15 is 0 Å². The van der Waals surface area contributed by atoms with Crippen LogP contribution in [-0.4, -0.2) is 43.0 Å². The molecule has 0 saturated heterocycles. The van der Waals surface area contributed by atoms with E-state index in [1.54, 1.807) is 25.3 Å². The van der Waals surface area contributed by atoms with Gasteiger partial charge in [0.2, 0.25) is 0 Å². The Morgan fingerprint density at radius 2 is 1.79 bits per heavy atom. The van der Waals surface area contributed by atoms with Crippen LogP contribution in [0.5, 0.6) is 11.5 Å². The number of anilines is 1. The highest BCUT2D eigenvalue weighted by atomic mass is 127. The Hall–Kier alpha value is -2.69. The zero-order chi connectivity index (χ0) is 23.6. The van der Waals surface area contributed by atoms with Crippen LogP contribution in [0.15, 0.2) is 47.5 Å². The predicted octanol–water partition coefficient (Wildman–Crippen LogP) is 4.66. The van der Waals surface area contributed by atoms with Gasteiger partial charge in [0.05, 0.1) is 13.7 Å². The number of hydrogen-bond donors (Lipinski definition) is 4. The van der Waals surface area contributed by atoms with Crippen LogP contribution in [-0.2, 0) is 17.7 Å². The molecular formula is C24H35IN4O4. The molecule has 0 atom stereocenters. The van der Waals surface area contributed by atoms with Gasteiger partial charge in [0.25, 0.3) is 0 Å². The Labute approximate surface area is 213 Å². The number of nitrogens with zero attached hydrogens (tertiary/aromatic N) is 1. The molecule has 4 N–H and O–H groups in total. The molecule has 0 spiro atoms. The normalized spacial score (nSPS) is 11.2. The van der Waals surface area contributed by atoms with E-state index in [-0.39, 0.29) is 29.7 Å². The quantitative estimate of drug-likeness (QED) is 0.209. The number of methoxy groups -OCH3 is 1. The minimum atomic E-state index is -0.535. The molecule has 9 heteroatoms. The van der Waals surface area contributed by atoms with Gasteiger partial charge in [-0.1, -0.05) is 12.1 Å². The van der Waals surface area contributed by atoms with E-state index < -0.39 is 11.7 Å². The number of nitrogens with one attached hydrogen (secondary N) is 3. The molecular weight excluding hydrogens is 535 g/mol. The van der Waals surface area contributed by atoms with Crippen LogP contribution in [0, 0.1) is 0 Å². The number of rotatable bonds is 8. The number of guanidine groups is 1. The molecule has 2 aromatic rings. The summed E-state index contributed by atoms with van der Waals surface area (Å²) in [5.41, 5.74) is 1.96. The number of aromatic hydroxyl groups is 1. The maximum absolute atomic E-state index is 11.9. The summed E-state index contributed by atoms with van der Waals surface area (Å²) in [6, 6.07) is 12.7. The van der Waals surface area contributed by atoms with Gasteiger partial charge in [-0.3, -0.25) is 5.32 Å². The zero-order valence-corrected chi connectivity index (χ0v) is 22.2. The average Bonchev–Trinajstić information content (AvgIpc) is 2.73. The Morgan fingerprint density at radius 1 is 1.09 bits per heavy atom. The molecule has 0 saturated carbocycles. The minimum Gasteiger partial charge on any atom is -0.508 e. The fraction of sp³-hybridized carbons (Fsp3) is 0.417. The van der Waals surface area contributed by atoms with Gasteiger partial charge in [-0.15, -0.1) is 24.0 Å². The lowest BCUT2D eigenvalue weighted by Gasteiger charge is -2.19. The van der Waals surface area contributed by atoms with E-state index in [2.05, 4.69) is 20.9 Å². The van der Waals surface area contributed by atoms with Crippen molar-refractivity contribution in [3.05, 3.63) is 53.6 Å². The van der Waals surface area contributed by atoms with E-state index in [9.17, 15) is 9.90 Å². The number of carbonyl (C=O) groups is 1. The van der Waals surface area contributed by atoms with Crippen LogP contribution in [0.4, 0.5) is 10.5 Å². The van der Waals surface area contributed by atoms with Crippen LogP contribution in [0.3, 0.4) is 0 Å². The fourth-order valence-corrected chi connectivity index (χ4v) is 2.82. The van der Waals surface area contributed by atoms with Gasteiger partial charge in [0.1, 0.15) is 17.1 Å². The first-order chi connectivity index (χ1) is 15.2. The first kappa shape index (κ1) is 28.3. The second-order valence-electron chi connectivity index (χ2n) is 8.19. The topological polar surface area (TPSA) is 104 Å². The highest BCUT2D eigenvalue weighted by Gasteiger charge is 2.16. The van der Waals surface area contributed by atoms with Crippen molar-refractivity contribution < 1.29 is 19.4 Å². The number of carbonyl (C=O) groups excluding carboxylic acids is 1. The third-order valence-electron chi connectivity index (χ3n) is 4.34. The molecule has 0 heterocycles. The van der Waals surface area contributed by atoms with Gasteiger partial charge in [-0.2, -0.15) is 0 Å². The van der Waals surface area contributed by atoms with Gasteiger partial charge in [0.15, 0.2) is 5.96 Å². The lowest BCUT2D eigenvalue weighted by atomic mass is 10.1. The molecule has 8 nitrogen and oxygen atoms in total. The van der Waals surface area contributed by atoms with Crippen molar-refractivity contribution in [3.63, 3.8) is 0 Å². The van der Waals surface area contributed by atoms with Crippen molar-refractivity contribution in [2.45, 2.75) is 46.3 Å². The molecule has 0 aliphatic rings. The third kappa shape index (κ3) is 10.6. The fourth-order valence-electron chi connectivity index (χ4n) is 2.82. The number of benzene rings is 2. The predicted molar refractivity (Wildman–Crippen MR) is 143 cm³/mol. The van der Waals surface area contributed by atoms with E-state index in [4.69, 9.17) is 9.47 Å². The molecule has 182 valence electrons. The molecule has 0 aliphatic carbocycles. The van der Waals surface area contributed by atoms with E-state index in [0.29, 0.717) is 36.0 Å². The van der Waals surface area contributed by atoms with Crippen LogP contribution < -0.4 is 20.7 Å². The summed E-state index contributed by atoms with van der Waals surface area (Å²) >= 11 is 0. The highest BCUT2D eigenvalue weighted by Crippen LogP contribution is 2.23. The Balaban J connectivity index is 0.00000544. The summed E-state index contributed by atoms with van der Waals surface area (Å²) in [4.78, 5) is 16.4. The second kappa shape index (κ2) is 13.8. The second-order valence-corrected chi connectivity index (χ2v) is 8.19. The number of hydrogen-bond acceptors (Lipinski definition) is 5. The summed E-state index contributed by atoms with van der Waals surface area (Å²) in [6.45, 7) is 9.20. The molecule has 0 aromatic heterocycles. The molecule has 2 rings (SSSR count). The summed E-state index contributed by atoms with van der Waals surface area (Å²) in [6.07, 6.45) is 0.308. The van der Waals surface area contributed by atoms with Gasteiger partial charge in [0, 0.05) is 24.3 Å². The van der Waals surface area contributed by atoms with Gasteiger partial charge < -0.3 is 25.2 Å². The van der Waals surface area contributed by atoms with Crippen molar-refractivity contribution in [3.8, 4) is 11.5 Å². The zero-order valence-electron chi connectivity index (χ0n) is 19.9. The van der Waals surface area contributed by atoms with Crippen LogP contribution in [0.2, 0.25) is 0 Å². The average molecular weight is 570 g/mol. The first-order valence-corrected chi connectivity index (χ1v) is 10.7. The van der Waals surface area contributed by atoms with Crippen LogP contribution >= 0.6 is 24.0 Å². The molecule has 2 aromatic carbocycles. The van der Waals surface area contributed by atoms with Crippen molar-refractivity contribution in [1.82, 2.24) is 10.6 Å². The van der Waals surface area contributed by atoms with Crippen LogP contribution in [0.25, 0.3) is 0 Å². The maximum Gasteiger partial charge on any atom is 0.412 e. The molecule has 0 unspecified atom stereocenters. The van der Waals surface area contributed by atoms with Gasteiger partial charge in [-0.05, 0) is 70.0 Å². The largest absolute Gasteiger partial charge is 0.508 e. The molecule has 0 aliphatic heterocycles. The van der Waals surface area contributed by atoms with Crippen molar-refractivity contribution in [2.75, 3.05) is 25.5 Å². The highest BCUT2D eigenvalue weighted by molar-refractivity contribution is 14.0. The molecule has 33 heavy (non-hydrogen) atoms. The first-order valence-electron chi connectivity index (χ1n) is 10.7. The number of phenolic OH excluding ortho intramolecular Hbond substituents is 1. The standard InChI is InChI=1S/C24H34N4O4.HI/c1-6-25-22(27-16-18-15-20(31-5)11-12-21(18)29)26-14-13-17-7-9-19(10-8-17)28-23(30)32-24(2,3)4;/h7-12,15,29H,6,13-14,16H2,1-5H3,(H,28,30)(H2,25,26,27);1H. The monoisotopic (exact) mass is 570 g/mol. The van der Waals surface area contributed by atoms with Crippen molar-refractivity contribution in [2.24, 2.45) is 4.99 Å². The number of phenols is 1. The van der Waals surface area contributed by atoms with Crippen LogP contribution in [0.1, 0.15) is 38.8 Å². The number of halogens is 1. The Kier molecular flexibility index (Phi) is 11.8. The van der Waals surface area contributed by atoms with Gasteiger partial charge in [-0.25, -0.2) is 9.79 Å². The number of amides is 1. The minimum absolute atomic E-state index is 0. The number of aliphatic imine (C=N–C) groups is 1. The molecule has 0 radical (unpaired) electrons. The van der Waals surface area contributed by atoms with E-state index in [1.165, 1.54) is 0 Å². The number of ether oxygens (including phenoxy) is 2. The summed E-state index contributed by atoms with van der Waals surface area (Å²) in [5.74, 6) is 1.53. The smallest absolute Gasteiger partial charge is 0.412 e. The lowest BCUT2D eigenvalue weighted by molar-refractivity contribution is 0.0636. The Morgan fingerprint density at radius 3 is 2.39 bits per heavy atom. The maximum atomic E-state index is 11.9. The SMILES string of the molecule is CCNC(=NCc1cc(OC)ccc1O)NCCc1ccc(NC(=O)OC(C)(C)C)cc1.I. The van der Waals surface area contributed by atoms with Crippen molar-refractivity contribution >= 4 is 41.7 Å². The molecule has 0 bridgehead atoms. The van der Waals surface area contributed by atoms with Crippen molar-refractivity contribution in [1.29, 1.82) is 0 Å². The summed E-state index contributed by atoms with van der Waals surface area (Å²) < 4.78 is 10.5. The van der Waals surface area contributed by atoms with E-state index in [1.807, 2.05) is 52.0 Å².